The number of nitrogens with zero attached hydrogens (tertiary/aromatic N) is 5. The average molecular weight is 447 g/mol. The van der Waals surface area contributed by atoms with E-state index in [0.29, 0.717) is 23.7 Å². The van der Waals surface area contributed by atoms with Crippen LogP contribution in [0.5, 0.6) is 0 Å². The third-order valence-electron chi connectivity index (χ3n) is 6.14. The molecule has 0 spiro atoms. The van der Waals surface area contributed by atoms with Crippen molar-refractivity contribution in [2.75, 3.05) is 14.1 Å². The van der Waals surface area contributed by atoms with Crippen LogP contribution in [0.4, 0.5) is 0 Å². The third-order valence-corrected chi connectivity index (χ3v) is 6.14. The largest absolute Gasteiger partial charge is 0.350 e. The van der Waals surface area contributed by atoms with Crippen molar-refractivity contribution in [3.05, 3.63) is 64.4 Å². The second kappa shape index (κ2) is 9.13. The van der Waals surface area contributed by atoms with Gasteiger partial charge < -0.3 is 10.2 Å². The number of carbonyl (C=O) groups excluding carboxylic acids is 2. The predicted octanol–water partition coefficient (Wildman–Crippen LogP) is 3.16. The highest BCUT2D eigenvalue weighted by Crippen LogP contribution is 2.39. The van der Waals surface area contributed by atoms with Crippen LogP contribution in [0, 0.1) is 20.8 Å². The molecular weight excluding hydrogens is 416 g/mol. The van der Waals surface area contributed by atoms with Gasteiger partial charge in [0, 0.05) is 44.0 Å². The van der Waals surface area contributed by atoms with Gasteiger partial charge >= 0.3 is 0 Å². The molecule has 0 bridgehead atoms. The highest BCUT2D eigenvalue weighted by atomic mass is 16.2. The molecule has 3 aromatic rings. The first-order chi connectivity index (χ1) is 15.7. The number of hydrogen-bond donors (Lipinski definition) is 1. The van der Waals surface area contributed by atoms with Crippen LogP contribution in [0.3, 0.4) is 0 Å². The Kier molecular flexibility index (Phi) is 6.26. The van der Waals surface area contributed by atoms with Crippen molar-refractivity contribution in [3.8, 4) is 11.3 Å². The lowest BCUT2D eigenvalue weighted by Crippen LogP contribution is -2.28. The fourth-order valence-corrected chi connectivity index (χ4v) is 3.66. The van der Waals surface area contributed by atoms with Crippen molar-refractivity contribution < 1.29 is 9.59 Å². The first kappa shape index (κ1) is 22.6. The zero-order chi connectivity index (χ0) is 23.7. The van der Waals surface area contributed by atoms with Gasteiger partial charge in [-0.15, -0.1) is 0 Å². The summed E-state index contributed by atoms with van der Waals surface area (Å²) in [6.45, 7) is 6.54. The Morgan fingerprint density at radius 1 is 1.12 bits per heavy atom. The van der Waals surface area contributed by atoms with Gasteiger partial charge in [0.2, 0.25) is 5.91 Å². The van der Waals surface area contributed by atoms with Crippen LogP contribution in [0.15, 0.2) is 30.5 Å². The van der Waals surface area contributed by atoms with Crippen molar-refractivity contribution in [2.45, 2.75) is 52.6 Å². The molecule has 0 aliphatic heterocycles. The fourth-order valence-electron chi connectivity index (χ4n) is 3.66. The van der Waals surface area contributed by atoms with E-state index in [2.05, 4.69) is 15.4 Å². The van der Waals surface area contributed by atoms with Crippen molar-refractivity contribution in [1.29, 1.82) is 0 Å². The number of hydrogen-bond acceptors (Lipinski definition) is 5. The van der Waals surface area contributed by atoms with Crippen LogP contribution >= 0.6 is 0 Å². The van der Waals surface area contributed by atoms with Crippen LogP contribution in [-0.2, 0) is 17.9 Å². The Hall–Kier alpha value is -3.55. The summed E-state index contributed by atoms with van der Waals surface area (Å²) < 4.78 is 1.74. The minimum Gasteiger partial charge on any atom is -0.350 e. The van der Waals surface area contributed by atoms with E-state index >= 15 is 0 Å². The van der Waals surface area contributed by atoms with Crippen LogP contribution in [0.25, 0.3) is 11.3 Å². The van der Waals surface area contributed by atoms with Crippen molar-refractivity contribution in [3.63, 3.8) is 0 Å². The van der Waals surface area contributed by atoms with Crippen LogP contribution in [0.1, 0.15) is 57.5 Å². The van der Waals surface area contributed by atoms with E-state index in [1.807, 2.05) is 45.0 Å². The number of amides is 2. The molecule has 0 atom stereocenters. The van der Waals surface area contributed by atoms with E-state index in [4.69, 9.17) is 4.98 Å². The molecule has 1 aliphatic rings. The van der Waals surface area contributed by atoms with Gasteiger partial charge in [-0.1, -0.05) is 24.3 Å². The molecule has 2 amide bonds. The first-order valence-electron chi connectivity index (χ1n) is 11.2. The molecule has 0 radical (unpaired) electrons. The molecule has 1 saturated carbocycles. The van der Waals surface area contributed by atoms with Gasteiger partial charge in [-0.05, 0) is 44.7 Å². The maximum atomic E-state index is 12.7. The average Bonchev–Trinajstić information content (AvgIpc) is 3.63. The maximum absolute atomic E-state index is 12.7. The molecular formula is C25H30N6O2. The molecule has 1 fully saturated rings. The van der Waals surface area contributed by atoms with Gasteiger partial charge in [0.05, 0.1) is 17.0 Å². The second-order valence-corrected chi connectivity index (χ2v) is 8.89. The molecule has 33 heavy (non-hydrogen) atoms. The minimum atomic E-state index is -0.122. The SMILES string of the molecule is Cc1nn(CC(=O)NCc2ccc(-c3nc(C4CC4)ncc3C(=O)N(C)C)cc2)c(C)c1C. The summed E-state index contributed by atoms with van der Waals surface area (Å²) >= 11 is 0. The van der Waals surface area contributed by atoms with Crippen molar-refractivity contribution >= 4 is 11.8 Å². The van der Waals surface area contributed by atoms with Crippen LogP contribution in [-0.4, -0.2) is 50.6 Å². The number of aryl methyl sites for hydroxylation is 1. The van der Waals surface area contributed by atoms with Crippen molar-refractivity contribution in [1.82, 2.24) is 30.0 Å². The highest BCUT2D eigenvalue weighted by molar-refractivity contribution is 5.99. The molecule has 8 heteroatoms. The molecule has 8 nitrogen and oxygen atoms in total. The predicted molar refractivity (Wildman–Crippen MR) is 126 cm³/mol. The van der Waals surface area contributed by atoms with Gasteiger partial charge in [-0.3, -0.25) is 14.3 Å². The summed E-state index contributed by atoms with van der Waals surface area (Å²) in [5, 5.41) is 7.37. The van der Waals surface area contributed by atoms with E-state index in [9.17, 15) is 9.59 Å². The molecule has 0 saturated heterocycles. The Labute approximate surface area is 194 Å². The lowest BCUT2D eigenvalue weighted by atomic mass is 10.0. The van der Waals surface area contributed by atoms with E-state index in [1.54, 1.807) is 25.0 Å². The Balaban J connectivity index is 1.47. The summed E-state index contributed by atoms with van der Waals surface area (Å²) in [5.74, 6) is 0.986. The summed E-state index contributed by atoms with van der Waals surface area (Å²) in [6, 6.07) is 7.78. The van der Waals surface area contributed by atoms with E-state index < -0.39 is 0 Å². The fraction of sp³-hybridized carbons (Fsp3) is 0.400. The lowest BCUT2D eigenvalue weighted by Gasteiger charge is -2.14. The lowest BCUT2D eigenvalue weighted by molar-refractivity contribution is -0.122. The number of nitrogens with one attached hydrogen (secondary N) is 1. The molecule has 1 N–H and O–H groups in total. The van der Waals surface area contributed by atoms with E-state index in [-0.39, 0.29) is 18.4 Å². The molecule has 1 aliphatic carbocycles. The highest BCUT2D eigenvalue weighted by Gasteiger charge is 2.28. The minimum absolute atomic E-state index is 0.0894. The van der Waals surface area contributed by atoms with E-state index in [0.717, 1.165) is 46.7 Å². The third kappa shape index (κ3) is 4.94. The van der Waals surface area contributed by atoms with E-state index in [1.165, 1.54) is 4.90 Å². The first-order valence-corrected chi connectivity index (χ1v) is 11.2. The molecule has 0 unspecified atom stereocenters. The van der Waals surface area contributed by atoms with Crippen LogP contribution in [0.2, 0.25) is 0 Å². The molecule has 172 valence electrons. The van der Waals surface area contributed by atoms with Crippen LogP contribution < -0.4 is 5.32 Å². The van der Waals surface area contributed by atoms with Gasteiger partial charge in [-0.2, -0.15) is 5.10 Å². The smallest absolute Gasteiger partial charge is 0.257 e. The van der Waals surface area contributed by atoms with Gasteiger partial charge in [-0.25, -0.2) is 9.97 Å². The van der Waals surface area contributed by atoms with Gasteiger partial charge in [0.25, 0.3) is 5.91 Å². The maximum Gasteiger partial charge on any atom is 0.257 e. The zero-order valence-corrected chi connectivity index (χ0v) is 19.8. The Morgan fingerprint density at radius 2 is 1.82 bits per heavy atom. The Morgan fingerprint density at radius 3 is 2.39 bits per heavy atom. The molecule has 1 aromatic carbocycles. The standard InChI is InChI=1S/C25H30N6O2/c1-15-16(2)29-31(17(15)3)14-22(32)26-12-18-6-8-19(9-7-18)23-21(25(33)30(4)5)13-27-24(28-23)20-10-11-20/h6-9,13,20H,10-12,14H2,1-5H3,(H,26,32). The molecule has 4 rings (SSSR count). The second-order valence-electron chi connectivity index (χ2n) is 8.89. The summed E-state index contributed by atoms with van der Waals surface area (Å²) in [5.41, 5.74) is 6.03. The summed E-state index contributed by atoms with van der Waals surface area (Å²) in [6.07, 6.45) is 3.83. The normalized spacial score (nSPS) is 13.1. The summed E-state index contributed by atoms with van der Waals surface area (Å²) in [4.78, 5) is 35.8. The molecule has 2 heterocycles. The van der Waals surface area contributed by atoms with Gasteiger partial charge in [0.1, 0.15) is 12.4 Å². The number of rotatable bonds is 7. The number of carbonyl (C=O) groups is 2. The topological polar surface area (TPSA) is 93.0 Å². The zero-order valence-electron chi connectivity index (χ0n) is 19.8. The number of benzene rings is 1. The van der Waals surface area contributed by atoms with Crippen molar-refractivity contribution in [2.24, 2.45) is 0 Å². The number of aromatic nitrogens is 4. The van der Waals surface area contributed by atoms with Gasteiger partial charge in [0.15, 0.2) is 0 Å². The molecule has 2 aromatic heterocycles. The quantitative estimate of drug-likeness (QED) is 0.602. The Bertz CT molecular complexity index is 1190. The monoisotopic (exact) mass is 446 g/mol. The summed E-state index contributed by atoms with van der Waals surface area (Å²) in [7, 11) is 3.44.